The average molecular weight is 256 g/mol. The molecule has 1 amide bonds. The second kappa shape index (κ2) is 6.59. The van der Waals surface area contributed by atoms with Crippen molar-refractivity contribution in [2.75, 3.05) is 19.1 Å². The number of amides is 1. The topological polar surface area (TPSA) is 33.2 Å². The van der Waals surface area contributed by atoms with E-state index in [0.29, 0.717) is 5.56 Å². The van der Waals surface area contributed by atoms with Crippen LogP contribution < -0.4 is 0 Å². The Balaban J connectivity index is 2.69. The normalized spacial score (nSPS) is 12.2. The van der Waals surface area contributed by atoms with E-state index in [-0.39, 0.29) is 11.9 Å². The summed E-state index contributed by atoms with van der Waals surface area (Å²) in [6.45, 7) is 1.99. The van der Waals surface area contributed by atoms with Crippen LogP contribution in [0.4, 0.5) is 4.39 Å². The molecule has 5 heteroatoms. The maximum absolute atomic E-state index is 12.9. The lowest BCUT2D eigenvalue weighted by molar-refractivity contribution is 0.0740. The summed E-state index contributed by atoms with van der Waals surface area (Å²) in [6, 6.07) is 2.84. The van der Waals surface area contributed by atoms with Gasteiger partial charge in [0.15, 0.2) is 0 Å². The molecular weight excluding hydrogens is 239 g/mol. The van der Waals surface area contributed by atoms with Crippen molar-refractivity contribution in [1.29, 1.82) is 0 Å². The van der Waals surface area contributed by atoms with Crippen LogP contribution in [0.3, 0.4) is 0 Å². The lowest BCUT2D eigenvalue weighted by atomic mass is 10.2. The lowest BCUT2D eigenvalue weighted by Gasteiger charge is -2.24. The summed E-state index contributed by atoms with van der Waals surface area (Å²) < 4.78 is 12.9. The number of hydrogen-bond donors (Lipinski definition) is 0. The van der Waals surface area contributed by atoms with Crippen molar-refractivity contribution in [2.45, 2.75) is 19.4 Å². The molecule has 1 heterocycles. The third-order valence-corrected chi connectivity index (χ3v) is 3.34. The Hall–Kier alpha value is -1.10. The lowest BCUT2D eigenvalue weighted by Crippen LogP contribution is -2.35. The molecule has 0 aromatic carbocycles. The van der Waals surface area contributed by atoms with E-state index < -0.39 is 5.95 Å². The molecule has 0 aliphatic rings. The molecule has 0 fully saturated rings. The summed E-state index contributed by atoms with van der Waals surface area (Å²) in [6.07, 6.45) is 4.27. The molecule has 1 rings (SSSR count). The van der Waals surface area contributed by atoms with Crippen molar-refractivity contribution >= 4 is 17.7 Å². The smallest absolute Gasteiger partial charge is 0.254 e. The van der Waals surface area contributed by atoms with E-state index in [4.69, 9.17) is 0 Å². The molecule has 0 saturated carbocycles. The predicted octanol–water partition coefficient (Wildman–Crippen LogP) is 2.43. The van der Waals surface area contributed by atoms with E-state index in [1.54, 1.807) is 23.7 Å². The van der Waals surface area contributed by atoms with Gasteiger partial charge in [-0.2, -0.15) is 16.2 Å². The summed E-state index contributed by atoms with van der Waals surface area (Å²) >= 11 is 1.75. The molecule has 0 bridgehead atoms. The van der Waals surface area contributed by atoms with Crippen molar-refractivity contribution < 1.29 is 9.18 Å². The van der Waals surface area contributed by atoms with E-state index in [2.05, 4.69) is 4.98 Å². The molecule has 1 aromatic heterocycles. The van der Waals surface area contributed by atoms with Crippen LogP contribution >= 0.6 is 11.8 Å². The molecule has 0 aliphatic heterocycles. The molecule has 0 aliphatic carbocycles. The predicted molar refractivity (Wildman–Crippen MR) is 68.7 cm³/mol. The van der Waals surface area contributed by atoms with E-state index in [1.165, 1.54) is 18.3 Å². The summed E-state index contributed by atoms with van der Waals surface area (Å²) in [7, 11) is 1.74. The molecule has 0 N–H and O–H groups in total. The van der Waals surface area contributed by atoms with E-state index in [0.717, 1.165) is 12.2 Å². The number of thioether (sulfide) groups is 1. The van der Waals surface area contributed by atoms with Crippen molar-refractivity contribution in [2.24, 2.45) is 0 Å². The Labute approximate surface area is 105 Å². The molecule has 0 saturated heterocycles. The van der Waals surface area contributed by atoms with Gasteiger partial charge in [-0.15, -0.1) is 0 Å². The van der Waals surface area contributed by atoms with Gasteiger partial charge in [0.05, 0.1) is 0 Å². The van der Waals surface area contributed by atoms with Crippen LogP contribution in [0.25, 0.3) is 0 Å². The van der Waals surface area contributed by atoms with Gasteiger partial charge < -0.3 is 4.90 Å². The van der Waals surface area contributed by atoms with Gasteiger partial charge >= 0.3 is 0 Å². The fraction of sp³-hybridized carbons (Fsp3) is 0.500. The number of carbonyl (C=O) groups is 1. The molecular formula is C12H17FN2OS. The monoisotopic (exact) mass is 256 g/mol. The Kier molecular flexibility index (Phi) is 5.41. The van der Waals surface area contributed by atoms with Gasteiger partial charge in [-0.3, -0.25) is 4.79 Å². The maximum Gasteiger partial charge on any atom is 0.254 e. The third-order valence-electron chi connectivity index (χ3n) is 2.69. The second-order valence-corrected chi connectivity index (χ2v) is 4.90. The van der Waals surface area contributed by atoms with Gasteiger partial charge in [-0.1, -0.05) is 0 Å². The number of nitrogens with zero attached hydrogens (tertiary/aromatic N) is 2. The molecule has 0 radical (unpaired) electrons. The van der Waals surface area contributed by atoms with Gasteiger partial charge in [0.1, 0.15) is 0 Å². The van der Waals surface area contributed by atoms with Crippen LogP contribution in [0.5, 0.6) is 0 Å². The highest BCUT2D eigenvalue weighted by Gasteiger charge is 2.17. The molecule has 0 spiro atoms. The second-order valence-electron chi connectivity index (χ2n) is 3.91. The van der Waals surface area contributed by atoms with Crippen LogP contribution in [-0.4, -0.2) is 40.9 Å². The fourth-order valence-electron chi connectivity index (χ4n) is 1.42. The van der Waals surface area contributed by atoms with Crippen LogP contribution in [0.2, 0.25) is 0 Å². The highest BCUT2D eigenvalue weighted by molar-refractivity contribution is 7.98. The first-order valence-corrected chi connectivity index (χ1v) is 6.83. The van der Waals surface area contributed by atoms with Crippen molar-refractivity contribution in [1.82, 2.24) is 9.88 Å². The van der Waals surface area contributed by atoms with Crippen LogP contribution in [0.15, 0.2) is 18.3 Å². The standard InChI is InChI=1S/C12H17FN2OS/c1-9(5-7-17-3)15(2)12(16)10-4-6-14-11(13)8-10/h4,6,8-9H,5,7H2,1-3H3. The van der Waals surface area contributed by atoms with Crippen LogP contribution in [0, 0.1) is 5.95 Å². The average Bonchev–Trinajstić information content (AvgIpc) is 2.34. The van der Waals surface area contributed by atoms with E-state index in [9.17, 15) is 9.18 Å². The number of carbonyl (C=O) groups excluding carboxylic acids is 1. The highest BCUT2D eigenvalue weighted by atomic mass is 32.2. The summed E-state index contributed by atoms with van der Waals surface area (Å²) in [4.78, 5) is 17.1. The van der Waals surface area contributed by atoms with Gasteiger partial charge in [-0.25, -0.2) is 4.98 Å². The van der Waals surface area contributed by atoms with Gasteiger partial charge in [0.2, 0.25) is 5.95 Å². The number of pyridine rings is 1. The van der Waals surface area contributed by atoms with E-state index >= 15 is 0 Å². The number of rotatable bonds is 5. The van der Waals surface area contributed by atoms with Crippen LogP contribution in [-0.2, 0) is 0 Å². The maximum atomic E-state index is 12.9. The van der Waals surface area contributed by atoms with Gasteiger partial charge in [0.25, 0.3) is 5.91 Å². The Morgan fingerprint density at radius 3 is 2.94 bits per heavy atom. The minimum absolute atomic E-state index is 0.145. The van der Waals surface area contributed by atoms with Crippen LogP contribution in [0.1, 0.15) is 23.7 Å². The zero-order valence-corrected chi connectivity index (χ0v) is 11.1. The molecule has 94 valence electrons. The Morgan fingerprint density at radius 1 is 1.65 bits per heavy atom. The minimum atomic E-state index is -0.624. The minimum Gasteiger partial charge on any atom is -0.339 e. The summed E-state index contributed by atoms with van der Waals surface area (Å²) in [5, 5.41) is 0. The molecule has 1 atom stereocenters. The first-order valence-electron chi connectivity index (χ1n) is 5.44. The number of aromatic nitrogens is 1. The highest BCUT2D eigenvalue weighted by Crippen LogP contribution is 2.11. The molecule has 1 unspecified atom stereocenters. The first-order chi connectivity index (χ1) is 8.06. The largest absolute Gasteiger partial charge is 0.339 e. The number of halogens is 1. The molecule has 1 aromatic rings. The summed E-state index contributed by atoms with van der Waals surface area (Å²) in [5.74, 6) is 0.213. The zero-order chi connectivity index (χ0) is 12.8. The van der Waals surface area contributed by atoms with Crippen molar-refractivity contribution in [3.63, 3.8) is 0 Å². The molecule has 3 nitrogen and oxygen atoms in total. The Bertz CT molecular complexity index is 387. The molecule has 17 heavy (non-hydrogen) atoms. The Morgan fingerprint density at radius 2 is 2.35 bits per heavy atom. The quantitative estimate of drug-likeness (QED) is 0.759. The van der Waals surface area contributed by atoms with Crippen molar-refractivity contribution in [3.8, 4) is 0 Å². The SMILES string of the molecule is CSCCC(C)N(C)C(=O)c1ccnc(F)c1. The zero-order valence-electron chi connectivity index (χ0n) is 10.3. The third kappa shape index (κ3) is 4.00. The van der Waals surface area contributed by atoms with Gasteiger partial charge in [0, 0.05) is 30.9 Å². The van der Waals surface area contributed by atoms with Gasteiger partial charge in [-0.05, 0) is 31.4 Å². The fourth-order valence-corrected chi connectivity index (χ4v) is 2.00. The van der Waals surface area contributed by atoms with Crippen molar-refractivity contribution in [3.05, 3.63) is 29.8 Å². The van der Waals surface area contributed by atoms with E-state index in [1.807, 2.05) is 13.2 Å². The first kappa shape index (κ1) is 14.0. The number of hydrogen-bond acceptors (Lipinski definition) is 3. The summed E-state index contributed by atoms with van der Waals surface area (Å²) in [5.41, 5.74) is 0.344.